The summed E-state index contributed by atoms with van der Waals surface area (Å²) < 4.78 is 98.3. The van der Waals surface area contributed by atoms with Gasteiger partial charge in [-0.2, -0.15) is 27.1 Å². The first-order valence-corrected chi connectivity index (χ1v) is 14.9. The fraction of sp³-hybridized carbons (Fsp3) is 0.200. The van der Waals surface area contributed by atoms with Crippen molar-refractivity contribution >= 4 is 9.84 Å². The highest BCUT2D eigenvalue weighted by atomic mass is 32.2. The van der Waals surface area contributed by atoms with Gasteiger partial charge in [0.25, 0.3) is 0 Å². The fourth-order valence-corrected chi connectivity index (χ4v) is 5.80. The number of hydrogen-bond acceptors (Lipinski definition) is 6. The monoisotopic (exact) mass is 632 g/mol. The van der Waals surface area contributed by atoms with Crippen molar-refractivity contribution in [3.8, 4) is 39.5 Å². The number of nitrogens with zero attached hydrogens (tertiary/aromatic N) is 4. The lowest BCUT2D eigenvalue weighted by Gasteiger charge is -2.17. The number of aliphatic hydroxyl groups is 1. The number of alkyl halides is 5. The lowest BCUT2D eigenvalue weighted by molar-refractivity contribution is -0.141. The Morgan fingerprint density at radius 3 is 2.20 bits per heavy atom. The number of ether oxygens (including phenoxy) is 1. The van der Waals surface area contributed by atoms with Gasteiger partial charge in [0.1, 0.15) is 11.6 Å². The summed E-state index contributed by atoms with van der Waals surface area (Å²) in [6.07, 6.45) is -2.78. The summed E-state index contributed by atoms with van der Waals surface area (Å²) in [4.78, 5) is 3.64. The number of aromatic nitrogens is 4. The average molecular weight is 633 g/mol. The first-order valence-electron chi connectivity index (χ1n) is 13.0. The molecule has 2 heterocycles. The van der Waals surface area contributed by atoms with Crippen LogP contribution in [0.2, 0.25) is 0 Å². The standard InChI is InChI=1S/C30H25F5N4O4S/c1-17-12-26(39(37-17)22-7-9-23(10-8-22)43-29(31)32)24-13-19(20-4-5-21(16-40)27(14-20)44(3,41)42)6-11-25(24)38-15-28(30(33,34)35)36-18(38)2/h4-15,29,40H,16H2,1-3H3. The van der Waals surface area contributed by atoms with Gasteiger partial charge in [-0.05, 0) is 79.1 Å². The van der Waals surface area contributed by atoms with Crippen molar-refractivity contribution < 1.29 is 40.2 Å². The molecule has 0 aliphatic rings. The average Bonchev–Trinajstić information content (AvgIpc) is 3.54. The van der Waals surface area contributed by atoms with E-state index in [-0.39, 0.29) is 22.0 Å². The number of hydrogen-bond donors (Lipinski definition) is 1. The second-order valence-corrected chi connectivity index (χ2v) is 12.0. The van der Waals surface area contributed by atoms with Gasteiger partial charge in [0, 0.05) is 18.0 Å². The Morgan fingerprint density at radius 2 is 1.61 bits per heavy atom. The number of aliphatic hydroxyl groups excluding tert-OH is 1. The van der Waals surface area contributed by atoms with Crippen molar-refractivity contribution in [3.63, 3.8) is 0 Å². The molecule has 0 atom stereocenters. The summed E-state index contributed by atoms with van der Waals surface area (Å²) in [5.74, 6) is -0.00661. The highest BCUT2D eigenvalue weighted by molar-refractivity contribution is 7.90. The third-order valence-electron chi connectivity index (χ3n) is 6.81. The molecule has 0 spiro atoms. The Balaban J connectivity index is 1.74. The molecule has 8 nitrogen and oxygen atoms in total. The third-order valence-corrected chi connectivity index (χ3v) is 7.99. The van der Waals surface area contributed by atoms with Crippen LogP contribution in [-0.4, -0.2) is 45.7 Å². The van der Waals surface area contributed by atoms with E-state index in [9.17, 15) is 35.5 Å². The number of rotatable bonds is 8. The van der Waals surface area contributed by atoms with Crippen molar-refractivity contribution in [2.45, 2.75) is 38.1 Å². The lowest BCUT2D eigenvalue weighted by atomic mass is 9.98. The normalized spacial score (nSPS) is 12.2. The summed E-state index contributed by atoms with van der Waals surface area (Å²) in [7, 11) is -3.71. The quantitative estimate of drug-likeness (QED) is 0.196. The number of sulfone groups is 1. The molecule has 3 aromatic carbocycles. The van der Waals surface area contributed by atoms with Crippen LogP contribution in [0.4, 0.5) is 22.0 Å². The van der Waals surface area contributed by atoms with Gasteiger partial charge in [-0.3, -0.25) is 0 Å². The highest BCUT2D eigenvalue weighted by Gasteiger charge is 2.35. The van der Waals surface area contributed by atoms with Crippen LogP contribution in [0, 0.1) is 13.8 Å². The van der Waals surface area contributed by atoms with Gasteiger partial charge >= 0.3 is 12.8 Å². The van der Waals surface area contributed by atoms with Crippen molar-refractivity contribution in [3.05, 3.63) is 95.7 Å². The zero-order valence-electron chi connectivity index (χ0n) is 23.5. The molecular formula is C30H25F5N4O4S. The fourth-order valence-electron chi connectivity index (χ4n) is 4.85. The Hall–Kier alpha value is -4.56. The first-order chi connectivity index (χ1) is 20.7. The van der Waals surface area contributed by atoms with E-state index in [0.29, 0.717) is 39.5 Å². The second kappa shape index (κ2) is 11.5. The lowest BCUT2D eigenvalue weighted by Crippen LogP contribution is -2.06. The van der Waals surface area contributed by atoms with Crippen molar-refractivity contribution in [1.29, 1.82) is 0 Å². The van der Waals surface area contributed by atoms with E-state index >= 15 is 0 Å². The number of aryl methyl sites for hydroxylation is 2. The molecule has 2 aromatic heterocycles. The van der Waals surface area contributed by atoms with E-state index in [1.165, 1.54) is 52.6 Å². The van der Waals surface area contributed by atoms with Gasteiger partial charge in [-0.25, -0.2) is 18.1 Å². The van der Waals surface area contributed by atoms with Crippen LogP contribution in [0.15, 0.2) is 77.8 Å². The van der Waals surface area contributed by atoms with E-state index in [1.807, 2.05) is 0 Å². The molecule has 0 bridgehead atoms. The Morgan fingerprint density at radius 1 is 0.955 bits per heavy atom. The van der Waals surface area contributed by atoms with Crippen LogP contribution in [0.1, 0.15) is 22.8 Å². The summed E-state index contributed by atoms with van der Waals surface area (Å²) in [5.41, 5.74) is 2.32. The molecule has 0 saturated heterocycles. The summed E-state index contributed by atoms with van der Waals surface area (Å²) in [5, 5.41) is 14.2. The molecular weight excluding hydrogens is 607 g/mol. The third kappa shape index (κ3) is 6.21. The Kier molecular flexibility index (Phi) is 8.07. The maximum Gasteiger partial charge on any atom is 0.434 e. The largest absolute Gasteiger partial charge is 0.435 e. The molecule has 1 N–H and O–H groups in total. The van der Waals surface area contributed by atoms with Crippen LogP contribution in [0.5, 0.6) is 5.75 Å². The van der Waals surface area contributed by atoms with Gasteiger partial charge in [0.2, 0.25) is 0 Å². The number of halogens is 5. The number of imidazole rings is 1. The minimum Gasteiger partial charge on any atom is -0.435 e. The molecule has 0 fully saturated rings. The molecule has 0 unspecified atom stereocenters. The van der Waals surface area contributed by atoms with Gasteiger partial charge in [0.15, 0.2) is 15.5 Å². The summed E-state index contributed by atoms with van der Waals surface area (Å²) >= 11 is 0. The zero-order chi connectivity index (χ0) is 32.0. The molecule has 0 amide bonds. The molecule has 44 heavy (non-hydrogen) atoms. The van der Waals surface area contributed by atoms with Crippen LogP contribution >= 0.6 is 0 Å². The summed E-state index contributed by atoms with van der Waals surface area (Å²) in [6.45, 7) is -0.353. The SMILES string of the molecule is Cc1cc(-c2cc(-c3ccc(CO)c(S(C)(=O)=O)c3)ccc2-n2cc(C(F)(F)F)nc2C)n(-c2ccc(OC(F)F)cc2)n1. The minimum absolute atomic E-state index is 0.0598. The van der Waals surface area contributed by atoms with Gasteiger partial charge in [-0.1, -0.05) is 18.2 Å². The Labute approximate surface area is 248 Å². The van der Waals surface area contributed by atoms with Crippen LogP contribution in [0.3, 0.4) is 0 Å². The smallest absolute Gasteiger partial charge is 0.434 e. The predicted molar refractivity (Wildman–Crippen MR) is 152 cm³/mol. The molecule has 5 aromatic rings. The van der Waals surface area contributed by atoms with E-state index in [4.69, 9.17) is 0 Å². The highest BCUT2D eigenvalue weighted by Crippen LogP contribution is 2.37. The van der Waals surface area contributed by atoms with Crippen LogP contribution in [-0.2, 0) is 22.6 Å². The molecule has 5 rings (SSSR count). The zero-order valence-corrected chi connectivity index (χ0v) is 24.3. The second-order valence-electron chi connectivity index (χ2n) is 9.98. The van der Waals surface area contributed by atoms with E-state index in [2.05, 4.69) is 14.8 Å². The molecule has 0 radical (unpaired) electrons. The minimum atomic E-state index is -4.69. The van der Waals surface area contributed by atoms with Crippen LogP contribution < -0.4 is 4.74 Å². The molecule has 0 aliphatic heterocycles. The maximum atomic E-state index is 13.6. The molecule has 0 saturated carbocycles. The topological polar surface area (TPSA) is 99.2 Å². The van der Waals surface area contributed by atoms with Gasteiger partial charge < -0.3 is 14.4 Å². The van der Waals surface area contributed by atoms with E-state index in [0.717, 1.165) is 12.5 Å². The maximum absolute atomic E-state index is 13.6. The first kappa shape index (κ1) is 30.9. The van der Waals surface area contributed by atoms with E-state index in [1.54, 1.807) is 37.3 Å². The molecule has 230 valence electrons. The van der Waals surface area contributed by atoms with Gasteiger partial charge in [-0.15, -0.1) is 0 Å². The van der Waals surface area contributed by atoms with Crippen molar-refractivity contribution in [2.24, 2.45) is 0 Å². The molecule has 0 aliphatic carbocycles. The van der Waals surface area contributed by atoms with Crippen molar-refractivity contribution in [1.82, 2.24) is 19.3 Å². The predicted octanol–water partition coefficient (Wildman–Crippen LogP) is 6.52. The summed E-state index contributed by atoms with van der Waals surface area (Å²) in [6, 6.07) is 16.9. The molecule has 14 heteroatoms. The number of benzene rings is 3. The van der Waals surface area contributed by atoms with Crippen LogP contribution in [0.25, 0.3) is 33.8 Å². The van der Waals surface area contributed by atoms with Crippen molar-refractivity contribution in [2.75, 3.05) is 6.26 Å². The Bertz CT molecular complexity index is 1950. The van der Waals surface area contributed by atoms with E-state index < -0.39 is 34.9 Å². The van der Waals surface area contributed by atoms with Gasteiger partial charge in [0.05, 0.1) is 34.3 Å².